The largest absolute Gasteiger partial charge is 0.481 e. The summed E-state index contributed by atoms with van der Waals surface area (Å²) < 4.78 is 1.62. The Kier molecular flexibility index (Phi) is 5.45. The van der Waals surface area contributed by atoms with Crippen molar-refractivity contribution in [2.24, 2.45) is 5.92 Å². The monoisotopic (exact) mass is 327 g/mol. The van der Waals surface area contributed by atoms with Crippen LogP contribution in [-0.4, -0.2) is 44.8 Å². The topological polar surface area (TPSA) is 75.4 Å². The maximum atomic E-state index is 12.7. The molecule has 1 aliphatic heterocycles. The predicted octanol–water partition coefficient (Wildman–Crippen LogP) is 2.58. The summed E-state index contributed by atoms with van der Waals surface area (Å²) in [4.78, 5) is 25.3. The SMILES string of the molecule is CCn1nc(C)c(C(=O)N2CCC[C@@H](CC(=O)O)CC2)c1Cl. The van der Waals surface area contributed by atoms with E-state index >= 15 is 0 Å². The molecular weight excluding hydrogens is 306 g/mol. The van der Waals surface area contributed by atoms with Crippen LogP contribution in [0.15, 0.2) is 0 Å². The van der Waals surface area contributed by atoms with Crippen LogP contribution in [0.1, 0.15) is 48.7 Å². The Hall–Kier alpha value is -1.56. The quantitative estimate of drug-likeness (QED) is 0.922. The van der Waals surface area contributed by atoms with Crippen LogP contribution in [0.3, 0.4) is 0 Å². The highest BCUT2D eigenvalue weighted by atomic mass is 35.5. The molecule has 1 aromatic rings. The zero-order valence-corrected chi connectivity index (χ0v) is 13.8. The van der Waals surface area contributed by atoms with E-state index in [1.807, 2.05) is 6.92 Å². The second-order valence-corrected chi connectivity index (χ2v) is 6.11. The summed E-state index contributed by atoms with van der Waals surface area (Å²) in [5, 5.41) is 13.6. The molecule has 0 unspecified atom stereocenters. The van der Waals surface area contributed by atoms with E-state index in [0.29, 0.717) is 36.0 Å². The Morgan fingerprint density at radius 2 is 2.09 bits per heavy atom. The maximum absolute atomic E-state index is 12.7. The van der Waals surface area contributed by atoms with Gasteiger partial charge in [0.2, 0.25) is 0 Å². The molecule has 2 rings (SSSR count). The first-order chi connectivity index (χ1) is 10.4. The highest BCUT2D eigenvalue weighted by molar-refractivity contribution is 6.33. The lowest BCUT2D eigenvalue weighted by Crippen LogP contribution is -2.32. The number of carboxylic acids is 1. The summed E-state index contributed by atoms with van der Waals surface area (Å²) in [7, 11) is 0. The van der Waals surface area contributed by atoms with Crippen molar-refractivity contribution in [3.05, 3.63) is 16.4 Å². The third-order valence-electron chi connectivity index (χ3n) is 4.18. The molecule has 122 valence electrons. The number of carbonyl (C=O) groups is 2. The number of carbonyl (C=O) groups excluding carboxylic acids is 1. The molecule has 0 aromatic carbocycles. The first-order valence-electron chi connectivity index (χ1n) is 7.68. The molecule has 6 nitrogen and oxygen atoms in total. The molecular formula is C15H22ClN3O3. The lowest BCUT2D eigenvalue weighted by atomic mass is 9.97. The van der Waals surface area contributed by atoms with Gasteiger partial charge in [0.15, 0.2) is 0 Å². The van der Waals surface area contributed by atoms with E-state index in [0.717, 1.165) is 19.3 Å². The van der Waals surface area contributed by atoms with Crippen molar-refractivity contribution >= 4 is 23.5 Å². The number of nitrogens with zero attached hydrogens (tertiary/aromatic N) is 3. The lowest BCUT2D eigenvalue weighted by molar-refractivity contribution is -0.138. The van der Waals surface area contributed by atoms with Crippen molar-refractivity contribution in [2.45, 2.75) is 46.1 Å². The van der Waals surface area contributed by atoms with Crippen LogP contribution in [0.4, 0.5) is 0 Å². The fourth-order valence-corrected chi connectivity index (χ4v) is 3.36. The van der Waals surface area contributed by atoms with Crippen molar-refractivity contribution in [1.82, 2.24) is 14.7 Å². The number of aromatic nitrogens is 2. The van der Waals surface area contributed by atoms with Crippen LogP contribution in [0.25, 0.3) is 0 Å². The smallest absolute Gasteiger partial charge is 0.303 e. The summed E-state index contributed by atoms with van der Waals surface area (Å²) >= 11 is 6.26. The zero-order valence-electron chi connectivity index (χ0n) is 13.0. The first-order valence-corrected chi connectivity index (χ1v) is 8.05. The Balaban J connectivity index is 2.10. The van der Waals surface area contributed by atoms with E-state index in [4.69, 9.17) is 16.7 Å². The normalized spacial score (nSPS) is 19.0. The van der Waals surface area contributed by atoms with Gasteiger partial charge in [0.05, 0.1) is 11.3 Å². The summed E-state index contributed by atoms with van der Waals surface area (Å²) in [5.74, 6) is -0.726. The van der Waals surface area contributed by atoms with Gasteiger partial charge in [0.1, 0.15) is 5.15 Å². The van der Waals surface area contributed by atoms with E-state index in [2.05, 4.69) is 5.10 Å². The number of carboxylic acid groups (broad SMARTS) is 1. The minimum atomic E-state index is -0.770. The van der Waals surface area contributed by atoms with Gasteiger partial charge in [0, 0.05) is 26.1 Å². The van der Waals surface area contributed by atoms with Gasteiger partial charge >= 0.3 is 5.97 Å². The van der Waals surface area contributed by atoms with Gasteiger partial charge in [-0.15, -0.1) is 0 Å². The summed E-state index contributed by atoms with van der Waals surface area (Å²) in [5.41, 5.74) is 1.11. The molecule has 0 bridgehead atoms. The average molecular weight is 328 g/mol. The zero-order chi connectivity index (χ0) is 16.3. The van der Waals surface area contributed by atoms with Gasteiger partial charge < -0.3 is 10.0 Å². The third-order valence-corrected chi connectivity index (χ3v) is 4.56. The minimum absolute atomic E-state index is 0.0989. The van der Waals surface area contributed by atoms with E-state index in [1.165, 1.54) is 0 Å². The summed E-state index contributed by atoms with van der Waals surface area (Å²) in [6, 6.07) is 0. The van der Waals surface area contributed by atoms with E-state index in [1.54, 1.807) is 16.5 Å². The number of aliphatic carboxylic acids is 1. The molecule has 22 heavy (non-hydrogen) atoms. The van der Waals surface area contributed by atoms with Gasteiger partial charge in [-0.05, 0) is 39.0 Å². The molecule has 7 heteroatoms. The van der Waals surface area contributed by atoms with E-state index in [-0.39, 0.29) is 18.2 Å². The molecule has 0 radical (unpaired) electrons. The van der Waals surface area contributed by atoms with Gasteiger partial charge in [0.25, 0.3) is 5.91 Å². The van der Waals surface area contributed by atoms with Crippen LogP contribution in [0.2, 0.25) is 5.15 Å². The van der Waals surface area contributed by atoms with Crippen molar-refractivity contribution in [3.8, 4) is 0 Å². The number of hydrogen-bond donors (Lipinski definition) is 1. The van der Waals surface area contributed by atoms with Crippen molar-refractivity contribution in [1.29, 1.82) is 0 Å². The molecule has 1 N–H and O–H groups in total. The van der Waals surface area contributed by atoms with Crippen LogP contribution in [0, 0.1) is 12.8 Å². The second kappa shape index (κ2) is 7.13. The molecule has 0 saturated carbocycles. The maximum Gasteiger partial charge on any atom is 0.303 e. The molecule has 0 spiro atoms. The van der Waals surface area contributed by atoms with Gasteiger partial charge in [-0.3, -0.25) is 14.3 Å². The molecule has 2 heterocycles. The fourth-order valence-electron chi connectivity index (χ4n) is 2.98. The number of likely N-dealkylation sites (tertiary alicyclic amines) is 1. The van der Waals surface area contributed by atoms with Crippen LogP contribution >= 0.6 is 11.6 Å². The molecule has 1 atom stereocenters. The van der Waals surface area contributed by atoms with Gasteiger partial charge in [-0.2, -0.15) is 5.10 Å². The molecule has 0 aliphatic carbocycles. The summed E-state index contributed by atoms with van der Waals surface area (Å²) in [6.07, 6.45) is 2.56. The standard InChI is InChI=1S/C15H22ClN3O3/c1-3-19-14(16)13(10(2)17-19)15(22)18-7-4-5-11(6-8-18)9-12(20)21/h11H,3-9H2,1-2H3,(H,20,21)/t11-/m1/s1. The Morgan fingerprint density at radius 3 is 2.68 bits per heavy atom. The Morgan fingerprint density at radius 1 is 1.36 bits per heavy atom. The fraction of sp³-hybridized carbons (Fsp3) is 0.667. The van der Waals surface area contributed by atoms with Crippen molar-refractivity contribution in [2.75, 3.05) is 13.1 Å². The highest BCUT2D eigenvalue weighted by Gasteiger charge is 2.27. The Labute approximate surface area is 135 Å². The van der Waals surface area contributed by atoms with Crippen LogP contribution in [-0.2, 0) is 11.3 Å². The average Bonchev–Trinajstić information content (AvgIpc) is 2.63. The molecule has 1 amide bonds. The molecule has 1 aliphatic rings. The lowest BCUT2D eigenvalue weighted by Gasteiger charge is -2.20. The Bertz CT molecular complexity index is 571. The highest BCUT2D eigenvalue weighted by Crippen LogP contribution is 2.25. The molecule has 1 saturated heterocycles. The van der Waals surface area contributed by atoms with Crippen molar-refractivity contribution < 1.29 is 14.7 Å². The molecule has 1 fully saturated rings. The number of halogens is 1. The van der Waals surface area contributed by atoms with Crippen molar-refractivity contribution in [3.63, 3.8) is 0 Å². The predicted molar refractivity (Wildman–Crippen MR) is 83.1 cm³/mol. The first kappa shape index (κ1) is 16.8. The van der Waals surface area contributed by atoms with E-state index in [9.17, 15) is 9.59 Å². The van der Waals surface area contributed by atoms with E-state index < -0.39 is 5.97 Å². The number of hydrogen-bond acceptors (Lipinski definition) is 3. The minimum Gasteiger partial charge on any atom is -0.481 e. The van der Waals surface area contributed by atoms with Gasteiger partial charge in [-0.1, -0.05) is 11.6 Å². The molecule has 1 aromatic heterocycles. The van der Waals surface area contributed by atoms with Crippen LogP contribution in [0.5, 0.6) is 0 Å². The second-order valence-electron chi connectivity index (χ2n) is 5.75. The number of rotatable bonds is 4. The van der Waals surface area contributed by atoms with Crippen LogP contribution < -0.4 is 0 Å². The van der Waals surface area contributed by atoms with Gasteiger partial charge in [-0.25, -0.2) is 0 Å². The number of aryl methyl sites for hydroxylation is 2. The summed E-state index contributed by atoms with van der Waals surface area (Å²) in [6.45, 7) is 5.55. The number of amides is 1. The third kappa shape index (κ3) is 3.61.